The average molecular weight is 346 g/mol. The van der Waals surface area contributed by atoms with Gasteiger partial charge in [-0.25, -0.2) is 0 Å². The van der Waals surface area contributed by atoms with E-state index in [9.17, 15) is 4.79 Å². The van der Waals surface area contributed by atoms with Gasteiger partial charge in [-0.2, -0.15) is 0 Å². The molecule has 0 atom stereocenters. The van der Waals surface area contributed by atoms with Gasteiger partial charge in [0.2, 0.25) is 0 Å². The molecule has 2 nitrogen and oxygen atoms in total. The molecule has 0 aromatic carbocycles. The molecule has 0 bridgehead atoms. The van der Waals surface area contributed by atoms with Crippen molar-refractivity contribution >= 4 is 5.97 Å². The summed E-state index contributed by atoms with van der Waals surface area (Å²) < 4.78 is 0. The third-order valence-electron chi connectivity index (χ3n) is 3.65. The first-order valence-corrected chi connectivity index (χ1v) is 8.64. The van der Waals surface area contributed by atoms with E-state index in [0.717, 1.165) is 12.8 Å². The van der Waals surface area contributed by atoms with Gasteiger partial charge in [0.05, 0.1) is 0 Å². The zero-order chi connectivity index (χ0) is 14.9. The second kappa shape index (κ2) is 19.7. The number of hydrogen-bond donors (Lipinski definition) is 1. The van der Waals surface area contributed by atoms with Crippen LogP contribution in [0.15, 0.2) is 12.2 Å². The molecule has 0 aromatic heterocycles. The van der Waals surface area contributed by atoms with Crippen molar-refractivity contribution in [1.29, 1.82) is 0 Å². The fraction of sp³-hybridized carbons (Fsp3) is 0.833. The van der Waals surface area contributed by atoms with Gasteiger partial charge in [0.25, 0.3) is 0 Å². The first-order chi connectivity index (χ1) is 9.77. The predicted molar refractivity (Wildman–Crippen MR) is 87.1 cm³/mol. The molecule has 0 aliphatic carbocycles. The average Bonchev–Trinajstić information content (AvgIpc) is 2.43. The van der Waals surface area contributed by atoms with Crippen LogP contribution in [-0.2, 0) is 21.9 Å². The standard InChI is InChI=1S/C18H34O2.Cu/c1-2-3-4-5-6-7-8-9-10-11-12-13-14-15-16-17-18(19)20;/h9-10H,2-8,11-17H2,1H3,(H,19,20);/b10-9+;. The topological polar surface area (TPSA) is 37.3 Å². The quantitative estimate of drug-likeness (QED) is 0.221. The summed E-state index contributed by atoms with van der Waals surface area (Å²) in [5.74, 6) is -0.664. The van der Waals surface area contributed by atoms with Crippen molar-refractivity contribution in [2.45, 2.75) is 96.8 Å². The summed E-state index contributed by atoms with van der Waals surface area (Å²) in [7, 11) is 0. The van der Waals surface area contributed by atoms with Crippen molar-refractivity contribution in [3.63, 3.8) is 0 Å². The minimum atomic E-state index is -0.664. The molecule has 1 radical (unpaired) electrons. The van der Waals surface area contributed by atoms with Crippen molar-refractivity contribution < 1.29 is 27.0 Å². The van der Waals surface area contributed by atoms with E-state index in [1.807, 2.05) is 0 Å². The Bertz CT molecular complexity index is 239. The normalized spacial score (nSPS) is 10.7. The monoisotopic (exact) mass is 345 g/mol. The Morgan fingerprint density at radius 1 is 0.762 bits per heavy atom. The van der Waals surface area contributed by atoms with E-state index in [2.05, 4.69) is 19.1 Å². The molecule has 3 heteroatoms. The van der Waals surface area contributed by atoms with Crippen molar-refractivity contribution in [2.75, 3.05) is 0 Å². The molecular weight excluding hydrogens is 312 g/mol. The Morgan fingerprint density at radius 3 is 1.67 bits per heavy atom. The molecule has 1 N–H and O–H groups in total. The van der Waals surface area contributed by atoms with Crippen LogP contribution < -0.4 is 0 Å². The largest absolute Gasteiger partial charge is 0.481 e. The van der Waals surface area contributed by atoms with Crippen LogP contribution >= 0.6 is 0 Å². The van der Waals surface area contributed by atoms with Crippen LogP contribution in [-0.4, -0.2) is 11.1 Å². The van der Waals surface area contributed by atoms with Gasteiger partial charge < -0.3 is 5.11 Å². The molecule has 0 fully saturated rings. The second-order valence-corrected chi connectivity index (χ2v) is 5.73. The summed E-state index contributed by atoms with van der Waals surface area (Å²) >= 11 is 0. The maximum Gasteiger partial charge on any atom is 0.303 e. The first kappa shape index (κ1) is 23.0. The summed E-state index contributed by atoms with van der Waals surface area (Å²) in [6.07, 6.45) is 21.2. The number of carbonyl (C=O) groups is 1. The van der Waals surface area contributed by atoms with E-state index in [1.165, 1.54) is 70.6 Å². The minimum Gasteiger partial charge on any atom is -0.481 e. The third-order valence-corrected chi connectivity index (χ3v) is 3.65. The van der Waals surface area contributed by atoms with Crippen LogP contribution in [0, 0.1) is 0 Å². The molecule has 0 amide bonds. The SMILES string of the molecule is CCCCCCCC/C=C/CCCCCCCC(=O)O.[Cu]. The summed E-state index contributed by atoms with van der Waals surface area (Å²) in [5, 5.41) is 8.51. The maximum atomic E-state index is 10.3. The molecule has 21 heavy (non-hydrogen) atoms. The van der Waals surface area contributed by atoms with Crippen LogP contribution in [0.2, 0.25) is 0 Å². The Balaban J connectivity index is 0. The van der Waals surface area contributed by atoms with Gasteiger partial charge in [-0.1, -0.05) is 70.4 Å². The van der Waals surface area contributed by atoms with Crippen LogP contribution in [0.1, 0.15) is 96.8 Å². The molecule has 0 aliphatic heterocycles. The summed E-state index contributed by atoms with van der Waals surface area (Å²) in [4.78, 5) is 10.3. The van der Waals surface area contributed by atoms with Crippen molar-refractivity contribution in [3.05, 3.63) is 12.2 Å². The fourth-order valence-corrected chi connectivity index (χ4v) is 2.35. The van der Waals surface area contributed by atoms with Gasteiger partial charge in [0, 0.05) is 23.5 Å². The van der Waals surface area contributed by atoms with Gasteiger partial charge >= 0.3 is 5.97 Å². The molecule has 0 unspecified atom stereocenters. The van der Waals surface area contributed by atoms with Gasteiger partial charge in [-0.3, -0.25) is 4.79 Å². The van der Waals surface area contributed by atoms with Gasteiger partial charge in [-0.15, -0.1) is 0 Å². The maximum absolute atomic E-state index is 10.3. The number of hydrogen-bond acceptors (Lipinski definition) is 1. The van der Waals surface area contributed by atoms with Crippen LogP contribution in [0.25, 0.3) is 0 Å². The summed E-state index contributed by atoms with van der Waals surface area (Å²) in [6.45, 7) is 2.26. The predicted octanol–water partition coefficient (Wildman–Crippen LogP) is 6.11. The zero-order valence-electron chi connectivity index (χ0n) is 13.7. The van der Waals surface area contributed by atoms with Crippen molar-refractivity contribution in [2.24, 2.45) is 0 Å². The van der Waals surface area contributed by atoms with Crippen LogP contribution in [0.4, 0.5) is 0 Å². The van der Waals surface area contributed by atoms with Gasteiger partial charge in [0.1, 0.15) is 0 Å². The summed E-state index contributed by atoms with van der Waals surface area (Å²) in [6, 6.07) is 0. The van der Waals surface area contributed by atoms with Crippen LogP contribution in [0.5, 0.6) is 0 Å². The number of unbranched alkanes of at least 4 members (excludes halogenated alkanes) is 11. The molecule has 0 spiro atoms. The van der Waals surface area contributed by atoms with E-state index in [1.54, 1.807) is 0 Å². The van der Waals surface area contributed by atoms with E-state index in [0.29, 0.717) is 6.42 Å². The minimum absolute atomic E-state index is 0. The number of rotatable bonds is 15. The Morgan fingerprint density at radius 2 is 1.19 bits per heavy atom. The second-order valence-electron chi connectivity index (χ2n) is 5.73. The molecule has 0 saturated heterocycles. The van der Waals surface area contributed by atoms with Crippen molar-refractivity contribution in [1.82, 2.24) is 0 Å². The summed E-state index contributed by atoms with van der Waals surface area (Å²) in [5.41, 5.74) is 0. The molecule has 0 rings (SSSR count). The fourth-order valence-electron chi connectivity index (χ4n) is 2.35. The van der Waals surface area contributed by atoms with E-state index < -0.39 is 5.97 Å². The molecule has 0 heterocycles. The molecule has 0 saturated carbocycles. The molecular formula is C18H34CuO2. The third kappa shape index (κ3) is 22.2. The van der Waals surface area contributed by atoms with Crippen LogP contribution in [0.3, 0.4) is 0 Å². The molecule has 0 aromatic rings. The smallest absolute Gasteiger partial charge is 0.303 e. The number of allylic oxidation sites excluding steroid dienone is 2. The zero-order valence-corrected chi connectivity index (χ0v) is 14.7. The van der Waals surface area contributed by atoms with Gasteiger partial charge in [0.15, 0.2) is 0 Å². The van der Waals surface area contributed by atoms with Crippen molar-refractivity contribution in [3.8, 4) is 0 Å². The number of aliphatic carboxylic acids is 1. The Kier molecular flexibility index (Phi) is 21.6. The van der Waals surface area contributed by atoms with E-state index >= 15 is 0 Å². The van der Waals surface area contributed by atoms with E-state index in [4.69, 9.17) is 5.11 Å². The first-order valence-electron chi connectivity index (χ1n) is 8.64. The Labute approximate surface area is 142 Å². The number of carboxylic acid groups (broad SMARTS) is 1. The number of carboxylic acids is 1. The Hall–Kier alpha value is -0.271. The molecule has 129 valence electrons. The van der Waals surface area contributed by atoms with E-state index in [-0.39, 0.29) is 17.1 Å². The van der Waals surface area contributed by atoms with Gasteiger partial charge in [-0.05, 0) is 32.1 Å². The molecule has 0 aliphatic rings.